The van der Waals surface area contributed by atoms with Gasteiger partial charge >= 0.3 is 5.97 Å². The van der Waals surface area contributed by atoms with E-state index in [4.69, 9.17) is 4.74 Å². The summed E-state index contributed by atoms with van der Waals surface area (Å²) in [6, 6.07) is 18.8. The second-order valence-corrected chi connectivity index (χ2v) is 7.72. The molecule has 2 atom stereocenters. The van der Waals surface area contributed by atoms with Crippen molar-refractivity contribution in [2.75, 3.05) is 6.54 Å². The molecule has 0 aliphatic rings. The Morgan fingerprint density at radius 3 is 2.13 bits per heavy atom. The number of carbonyl (C=O) groups excluding carboxylic acids is 3. The topological polar surface area (TPSA) is 108 Å². The monoisotopic (exact) mass is 421 g/mol. The molecule has 2 amide bonds. The van der Waals surface area contributed by atoms with Crippen molar-refractivity contribution in [1.29, 1.82) is 5.26 Å². The zero-order valence-corrected chi connectivity index (χ0v) is 18.1. The van der Waals surface area contributed by atoms with Crippen molar-refractivity contribution in [3.05, 3.63) is 60.2 Å². The molecule has 2 aromatic carbocycles. The molecule has 0 aromatic heterocycles. The van der Waals surface area contributed by atoms with Crippen LogP contribution in [0.4, 0.5) is 0 Å². The van der Waals surface area contributed by atoms with Crippen LogP contribution in [0.25, 0.3) is 11.1 Å². The van der Waals surface area contributed by atoms with E-state index >= 15 is 0 Å². The maximum absolute atomic E-state index is 12.3. The highest BCUT2D eigenvalue weighted by molar-refractivity contribution is 5.96. The first-order valence-electron chi connectivity index (χ1n) is 10.0. The summed E-state index contributed by atoms with van der Waals surface area (Å²) in [4.78, 5) is 36.5. The maximum atomic E-state index is 12.3. The van der Waals surface area contributed by atoms with E-state index in [0.29, 0.717) is 5.56 Å². The Kier molecular flexibility index (Phi) is 7.92. The van der Waals surface area contributed by atoms with Gasteiger partial charge in [0.2, 0.25) is 0 Å². The Hall–Kier alpha value is -3.66. The van der Waals surface area contributed by atoms with Crippen molar-refractivity contribution >= 4 is 17.8 Å². The van der Waals surface area contributed by atoms with E-state index in [-0.39, 0.29) is 12.5 Å². The Labute approximate surface area is 182 Å². The van der Waals surface area contributed by atoms with Gasteiger partial charge in [0.15, 0.2) is 6.10 Å². The molecule has 0 fully saturated rings. The van der Waals surface area contributed by atoms with Crippen molar-refractivity contribution in [1.82, 2.24) is 10.6 Å². The van der Waals surface area contributed by atoms with Crippen LogP contribution in [0, 0.1) is 17.2 Å². The lowest BCUT2D eigenvalue weighted by molar-refractivity contribution is -0.154. The van der Waals surface area contributed by atoms with Gasteiger partial charge in [-0.3, -0.25) is 14.4 Å². The standard InChI is InChI=1S/C24H27N3O4/c1-16(2)24(4,15-25)27-22(29)17(3)31-21(28)14-26-23(30)20-12-10-19(11-13-20)18-8-6-5-7-9-18/h5-13,16-17H,14H2,1-4H3,(H,26,30)(H,27,29)/t17-,24-/m0/s1. The molecule has 2 aromatic rings. The van der Waals surface area contributed by atoms with Gasteiger partial charge in [-0.05, 0) is 43.0 Å². The number of hydrogen-bond acceptors (Lipinski definition) is 5. The van der Waals surface area contributed by atoms with Gasteiger partial charge in [-0.2, -0.15) is 5.26 Å². The van der Waals surface area contributed by atoms with Crippen LogP contribution in [0.2, 0.25) is 0 Å². The van der Waals surface area contributed by atoms with Crippen molar-refractivity contribution in [3.63, 3.8) is 0 Å². The summed E-state index contributed by atoms with van der Waals surface area (Å²) in [5.74, 6) is -1.88. The molecule has 7 heteroatoms. The number of hydrogen-bond donors (Lipinski definition) is 2. The minimum Gasteiger partial charge on any atom is -0.451 e. The number of amides is 2. The lowest BCUT2D eigenvalue weighted by atomic mass is 9.90. The maximum Gasteiger partial charge on any atom is 0.326 e. The highest BCUT2D eigenvalue weighted by Gasteiger charge is 2.32. The molecule has 0 saturated heterocycles. The van der Waals surface area contributed by atoms with Crippen molar-refractivity contribution in [2.24, 2.45) is 5.92 Å². The number of nitrogens with one attached hydrogen (secondary N) is 2. The minimum atomic E-state index is -1.10. The Morgan fingerprint density at radius 1 is 1.00 bits per heavy atom. The molecule has 2 rings (SSSR count). The first-order valence-corrected chi connectivity index (χ1v) is 10.0. The SMILES string of the molecule is CC(C)[C@](C)(C#N)NC(=O)[C@H](C)OC(=O)CNC(=O)c1ccc(-c2ccccc2)cc1. The Morgan fingerprint density at radius 2 is 1.58 bits per heavy atom. The summed E-state index contributed by atoms with van der Waals surface area (Å²) < 4.78 is 5.07. The van der Waals surface area contributed by atoms with Gasteiger partial charge in [0.25, 0.3) is 11.8 Å². The molecule has 0 radical (unpaired) electrons. The van der Waals surface area contributed by atoms with Gasteiger partial charge < -0.3 is 15.4 Å². The highest BCUT2D eigenvalue weighted by Crippen LogP contribution is 2.19. The third kappa shape index (κ3) is 6.41. The molecule has 0 aliphatic heterocycles. The van der Waals surface area contributed by atoms with Gasteiger partial charge in [-0.15, -0.1) is 0 Å². The average molecular weight is 421 g/mol. The van der Waals surface area contributed by atoms with E-state index < -0.39 is 29.4 Å². The van der Waals surface area contributed by atoms with Crippen LogP contribution in [-0.4, -0.2) is 36.0 Å². The van der Waals surface area contributed by atoms with Crippen LogP contribution in [-0.2, 0) is 14.3 Å². The molecular formula is C24H27N3O4. The Balaban J connectivity index is 1.86. The van der Waals surface area contributed by atoms with Crippen LogP contribution in [0.5, 0.6) is 0 Å². The molecule has 0 unspecified atom stereocenters. The lowest BCUT2D eigenvalue weighted by Gasteiger charge is -2.28. The molecule has 31 heavy (non-hydrogen) atoms. The molecule has 2 N–H and O–H groups in total. The summed E-state index contributed by atoms with van der Waals surface area (Å²) in [6.45, 7) is 6.25. The van der Waals surface area contributed by atoms with Crippen molar-refractivity contribution < 1.29 is 19.1 Å². The quantitative estimate of drug-likeness (QED) is 0.637. The second kappa shape index (κ2) is 10.4. The summed E-state index contributed by atoms with van der Waals surface area (Å²) >= 11 is 0. The van der Waals surface area contributed by atoms with E-state index in [1.54, 1.807) is 19.1 Å². The molecule has 0 aliphatic carbocycles. The van der Waals surface area contributed by atoms with Crippen molar-refractivity contribution in [3.8, 4) is 17.2 Å². The van der Waals surface area contributed by atoms with E-state index in [2.05, 4.69) is 16.7 Å². The number of rotatable bonds is 8. The van der Waals surface area contributed by atoms with Crippen LogP contribution in [0.1, 0.15) is 38.1 Å². The predicted molar refractivity (Wildman–Crippen MR) is 117 cm³/mol. The fourth-order valence-corrected chi connectivity index (χ4v) is 2.65. The third-order valence-electron chi connectivity index (χ3n) is 5.09. The Bertz CT molecular complexity index is 965. The van der Waals surface area contributed by atoms with Gasteiger partial charge in [-0.25, -0.2) is 0 Å². The van der Waals surface area contributed by atoms with Gasteiger partial charge in [0, 0.05) is 5.56 Å². The lowest BCUT2D eigenvalue weighted by Crippen LogP contribution is -2.52. The summed E-state index contributed by atoms with van der Waals surface area (Å²) in [5, 5.41) is 14.4. The third-order valence-corrected chi connectivity index (χ3v) is 5.09. The molecule has 0 spiro atoms. The fraction of sp³-hybridized carbons (Fsp3) is 0.333. The van der Waals surface area contributed by atoms with E-state index in [9.17, 15) is 19.6 Å². The fourth-order valence-electron chi connectivity index (χ4n) is 2.65. The number of esters is 1. The summed E-state index contributed by atoms with van der Waals surface area (Å²) in [7, 11) is 0. The minimum absolute atomic E-state index is 0.128. The van der Waals surface area contributed by atoms with E-state index in [1.165, 1.54) is 6.92 Å². The van der Waals surface area contributed by atoms with E-state index in [0.717, 1.165) is 11.1 Å². The number of carbonyl (C=O) groups is 3. The summed E-state index contributed by atoms with van der Waals surface area (Å²) in [5.41, 5.74) is 1.34. The van der Waals surface area contributed by atoms with Crippen LogP contribution in [0.15, 0.2) is 54.6 Å². The molecular weight excluding hydrogens is 394 g/mol. The summed E-state index contributed by atoms with van der Waals surface area (Å²) in [6.07, 6.45) is -1.10. The zero-order chi connectivity index (χ0) is 23.0. The first-order chi connectivity index (χ1) is 14.7. The van der Waals surface area contributed by atoms with Gasteiger partial charge in [-0.1, -0.05) is 56.3 Å². The zero-order valence-electron chi connectivity index (χ0n) is 18.1. The van der Waals surface area contributed by atoms with E-state index in [1.807, 2.05) is 56.3 Å². The number of ether oxygens (including phenoxy) is 1. The smallest absolute Gasteiger partial charge is 0.326 e. The van der Waals surface area contributed by atoms with Gasteiger partial charge in [0.1, 0.15) is 12.1 Å². The molecule has 162 valence electrons. The number of benzene rings is 2. The predicted octanol–water partition coefficient (Wildman–Crippen LogP) is 3.07. The highest BCUT2D eigenvalue weighted by atomic mass is 16.5. The molecule has 0 heterocycles. The average Bonchev–Trinajstić information content (AvgIpc) is 2.77. The largest absolute Gasteiger partial charge is 0.451 e. The normalized spacial score (nSPS) is 13.4. The first kappa shape index (κ1) is 23.6. The molecule has 0 saturated carbocycles. The number of nitrogens with zero attached hydrogens (tertiary/aromatic N) is 1. The molecule has 7 nitrogen and oxygen atoms in total. The van der Waals surface area contributed by atoms with Crippen LogP contribution >= 0.6 is 0 Å². The van der Waals surface area contributed by atoms with Crippen molar-refractivity contribution in [2.45, 2.75) is 39.3 Å². The van der Waals surface area contributed by atoms with Gasteiger partial charge in [0.05, 0.1) is 6.07 Å². The molecule has 0 bridgehead atoms. The van der Waals surface area contributed by atoms with Crippen LogP contribution in [0.3, 0.4) is 0 Å². The van der Waals surface area contributed by atoms with Crippen LogP contribution < -0.4 is 10.6 Å². The second-order valence-electron chi connectivity index (χ2n) is 7.72. The number of nitriles is 1.